The molecular formula is C15H12ClF3N4OS. The number of pyridine rings is 1. The number of Topliss-reactive ketones (excluding diaryl/α,β-unsaturated/α-hetero) is 1. The van der Waals surface area contributed by atoms with Crippen LogP contribution in [-0.4, -0.2) is 31.1 Å². The van der Waals surface area contributed by atoms with Crippen LogP contribution < -0.4 is 0 Å². The monoisotopic (exact) mass is 388 g/mol. The van der Waals surface area contributed by atoms with Crippen LogP contribution in [0.4, 0.5) is 13.2 Å². The summed E-state index contributed by atoms with van der Waals surface area (Å²) in [4.78, 5) is 15.3. The van der Waals surface area contributed by atoms with Gasteiger partial charge in [-0.2, -0.15) is 13.2 Å². The summed E-state index contributed by atoms with van der Waals surface area (Å²) in [5, 5.41) is 7.64. The lowest BCUT2D eigenvalue weighted by Gasteiger charge is -2.08. The quantitative estimate of drug-likeness (QED) is 0.534. The van der Waals surface area contributed by atoms with Gasteiger partial charge in [0.05, 0.1) is 16.3 Å². The number of nitrogens with one attached hydrogen (secondary N) is 1. The molecule has 132 valence electrons. The van der Waals surface area contributed by atoms with Gasteiger partial charge in [0.1, 0.15) is 0 Å². The molecule has 3 heterocycles. The average Bonchev–Trinajstić information content (AvgIpc) is 3.07. The van der Waals surface area contributed by atoms with E-state index in [0.29, 0.717) is 5.56 Å². The van der Waals surface area contributed by atoms with Crippen molar-refractivity contribution in [2.45, 2.75) is 25.2 Å². The van der Waals surface area contributed by atoms with E-state index in [0.717, 1.165) is 39.8 Å². The van der Waals surface area contributed by atoms with E-state index in [9.17, 15) is 18.0 Å². The first kappa shape index (κ1) is 17.8. The van der Waals surface area contributed by atoms with Gasteiger partial charge in [0.2, 0.25) is 0 Å². The highest BCUT2D eigenvalue weighted by Gasteiger charge is 2.32. The van der Waals surface area contributed by atoms with E-state index < -0.39 is 11.7 Å². The van der Waals surface area contributed by atoms with E-state index in [1.54, 1.807) is 13.0 Å². The molecule has 5 nitrogen and oxygen atoms in total. The Labute approximate surface area is 149 Å². The van der Waals surface area contributed by atoms with Crippen molar-refractivity contribution < 1.29 is 18.0 Å². The summed E-state index contributed by atoms with van der Waals surface area (Å²) in [6, 6.07) is 2.54. The topological polar surface area (TPSA) is 63.1 Å². The number of carbonyl (C=O) groups is 1. The van der Waals surface area contributed by atoms with Gasteiger partial charge in [-0.05, 0) is 26.0 Å². The SMILES string of the molecule is Cc1cc(C(=O)CSc2nnc3c(Cl)cc(C(F)(F)F)cn23)c(C)[nH]1. The van der Waals surface area contributed by atoms with Crippen molar-refractivity contribution in [3.8, 4) is 0 Å². The van der Waals surface area contributed by atoms with Crippen molar-refractivity contribution in [1.29, 1.82) is 0 Å². The maximum atomic E-state index is 12.9. The van der Waals surface area contributed by atoms with E-state index in [1.807, 2.05) is 6.92 Å². The Morgan fingerprint density at radius 3 is 2.64 bits per heavy atom. The molecule has 0 aliphatic heterocycles. The lowest BCUT2D eigenvalue weighted by Crippen LogP contribution is -2.07. The zero-order valence-electron chi connectivity index (χ0n) is 13.1. The molecule has 25 heavy (non-hydrogen) atoms. The second-order valence-electron chi connectivity index (χ2n) is 5.45. The number of carbonyl (C=O) groups excluding carboxylic acids is 1. The Bertz CT molecular complexity index is 964. The number of rotatable bonds is 4. The fourth-order valence-electron chi connectivity index (χ4n) is 2.41. The van der Waals surface area contributed by atoms with Crippen molar-refractivity contribution in [2.24, 2.45) is 0 Å². The Morgan fingerprint density at radius 1 is 1.32 bits per heavy atom. The summed E-state index contributed by atoms with van der Waals surface area (Å²) in [5.74, 6) is -0.131. The molecule has 0 unspecified atom stereocenters. The highest BCUT2D eigenvalue weighted by atomic mass is 35.5. The Kier molecular flexibility index (Phi) is 4.54. The molecule has 0 spiro atoms. The van der Waals surface area contributed by atoms with Crippen LogP contribution in [0.1, 0.15) is 27.3 Å². The molecule has 0 bridgehead atoms. The molecule has 0 saturated heterocycles. The molecule has 0 aliphatic rings. The minimum atomic E-state index is -4.54. The number of hydrogen-bond acceptors (Lipinski definition) is 4. The maximum Gasteiger partial charge on any atom is 0.417 e. The molecule has 3 aromatic heterocycles. The van der Waals surface area contributed by atoms with Crippen LogP contribution in [0.15, 0.2) is 23.5 Å². The number of halogens is 4. The molecule has 0 aromatic carbocycles. The van der Waals surface area contributed by atoms with Gasteiger partial charge in [-0.25, -0.2) is 0 Å². The minimum Gasteiger partial charge on any atom is -0.362 e. The number of aryl methyl sites for hydroxylation is 2. The minimum absolute atomic E-state index is 0.0206. The van der Waals surface area contributed by atoms with Crippen LogP contribution in [-0.2, 0) is 6.18 Å². The van der Waals surface area contributed by atoms with Crippen molar-refractivity contribution in [3.63, 3.8) is 0 Å². The average molecular weight is 389 g/mol. The van der Waals surface area contributed by atoms with Gasteiger partial charge in [0.15, 0.2) is 16.6 Å². The first-order valence-corrected chi connectivity index (χ1v) is 8.47. The van der Waals surface area contributed by atoms with Crippen molar-refractivity contribution in [2.75, 3.05) is 5.75 Å². The smallest absolute Gasteiger partial charge is 0.362 e. The van der Waals surface area contributed by atoms with E-state index in [1.165, 1.54) is 0 Å². The van der Waals surface area contributed by atoms with Crippen LogP contribution in [0.3, 0.4) is 0 Å². The molecule has 1 N–H and O–H groups in total. The Morgan fingerprint density at radius 2 is 2.04 bits per heavy atom. The molecule has 0 atom stereocenters. The molecule has 3 rings (SSSR count). The normalized spacial score (nSPS) is 12.1. The summed E-state index contributed by atoms with van der Waals surface area (Å²) >= 11 is 6.87. The third-order valence-corrected chi connectivity index (χ3v) is 4.76. The predicted molar refractivity (Wildman–Crippen MR) is 88.3 cm³/mol. The first-order valence-electron chi connectivity index (χ1n) is 7.10. The third-order valence-electron chi connectivity index (χ3n) is 3.54. The second kappa shape index (κ2) is 6.38. The first-order chi connectivity index (χ1) is 11.7. The Hall–Kier alpha value is -2.00. The molecule has 3 aromatic rings. The highest BCUT2D eigenvalue weighted by molar-refractivity contribution is 7.99. The standard InChI is InChI=1S/C15H12ClF3N4OS/c1-7-3-10(8(2)20-7)12(24)6-25-14-22-21-13-11(16)4-9(5-23(13)14)15(17,18)19/h3-5,20H,6H2,1-2H3. The van der Waals surface area contributed by atoms with Gasteiger partial charge in [-0.1, -0.05) is 23.4 Å². The van der Waals surface area contributed by atoms with Crippen LogP contribution >= 0.6 is 23.4 Å². The zero-order chi connectivity index (χ0) is 18.4. The van der Waals surface area contributed by atoms with Gasteiger partial charge >= 0.3 is 6.18 Å². The number of ketones is 1. The summed E-state index contributed by atoms with van der Waals surface area (Å²) in [7, 11) is 0. The maximum absolute atomic E-state index is 12.9. The predicted octanol–water partition coefficient (Wildman–Crippen LogP) is 4.32. The largest absolute Gasteiger partial charge is 0.417 e. The molecule has 0 saturated carbocycles. The van der Waals surface area contributed by atoms with Gasteiger partial charge in [-0.15, -0.1) is 10.2 Å². The summed E-state index contributed by atoms with van der Waals surface area (Å²) < 4.78 is 40.0. The van der Waals surface area contributed by atoms with Crippen LogP contribution in [0.2, 0.25) is 5.02 Å². The number of nitrogens with zero attached hydrogens (tertiary/aromatic N) is 3. The molecule has 0 radical (unpaired) electrons. The number of alkyl halides is 3. The zero-order valence-corrected chi connectivity index (χ0v) is 14.7. The number of hydrogen-bond donors (Lipinski definition) is 1. The van der Waals surface area contributed by atoms with Gasteiger partial charge in [0.25, 0.3) is 0 Å². The summed E-state index contributed by atoms with van der Waals surface area (Å²) in [6.07, 6.45) is -3.67. The molecule has 10 heteroatoms. The van der Waals surface area contributed by atoms with E-state index in [4.69, 9.17) is 11.6 Å². The number of aromatic nitrogens is 4. The number of thioether (sulfide) groups is 1. The fourth-order valence-corrected chi connectivity index (χ4v) is 3.45. The number of fused-ring (bicyclic) bond motifs is 1. The van der Waals surface area contributed by atoms with Gasteiger partial charge < -0.3 is 4.98 Å². The van der Waals surface area contributed by atoms with Gasteiger partial charge in [-0.3, -0.25) is 9.20 Å². The van der Waals surface area contributed by atoms with E-state index >= 15 is 0 Å². The summed E-state index contributed by atoms with van der Waals surface area (Å²) in [6.45, 7) is 3.62. The van der Waals surface area contributed by atoms with Crippen LogP contribution in [0.25, 0.3) is 5.65 Å². The lowest BCUT2D eigenvalue weighted by atomic mass is 10.2. The third kappa shape index (κ3) is 3.52. The highest BCUT2D eigenvalue weighted by Crippen LogP contribution is 2.33. The van der Waals surface area contributed by atoms with Crippen LogP contribution in [0, 0.1) is 13.8 Å². The van der Waals surface area contributed by atoms with Crippen molar-refractivity contribution in [3.05, 3.63) is 45.9 Å². The molecule has 0 fully saturated rings. The van der Waals surface area contributed by atoms with Crippen molar-refractivity contribution in [1.82, 2.24) is 19.6 Å². The fraction of sp³-hybridized carbons (Fsp3) is 0.267. The summed E-state index contributed by atoms with van der Waals surface area (Å²) in [5.41, 5.74) is 1.36. The molecule has 0 aliphatic carbocycles. The van der Waals surface area contributed by atoms with Crippen molar-refractivity contribution >= 4 is 34.8 Å². The van der Waals surface area contributed by atoms with Crippen LogP contribution in [0.5, 0.6) is 0 Å². The van der Waals surface area contributed by atoms with E-state index in [2.05, 4.69) is 15.2 Å². The van der Waals surface area contributed by atoms with Gasteiger partial charge in [0, 0.05) is 23.1 Å². The lowest BCUT2D eigenvalue weighted by molar-refractivity contribution is -0.137. The number of aromatic amines is 1. The van der Waals surface area contributed by atoms with E-state index in [-0.39, 0.29) is 27.4 Å². The Balaban J connectivity index is 1.88. The molecular weight excluding hydrogens is 377 g/mol. The number of H-pyrrole nitrogens is 1. The molecule has 0 amide bonds. The second-order valence-corrected chi connectivity index (χ2v) is 6.80.